The average molecular weight is 169 g/mol. The van der Waals surface area contributed by atoms with Gasteiger partial charge < -0.3 is 10.1 Å². The maximum absolute atomic E-state index is 11.4. The molecule has 1 N–H and O–H groups in total. The lowest BCUT2D eigenvalue weighted by Crippen LogP contribution is -2.21. The molecule has 0 spiro atoms. The fourth-order valence-electron chi connectivity index (χ4n) is 2.31. The highest BCUT2D eigenvalue weighted by Gasteiger charge is 2.60. The Kier molecular flexibility index (Phi) is 1.83. The van der Waals surface area contributed by atoms with E-state index in [4.69, 9.17) is 4.74 Å². The van der Waals surface area contributed by atoms with Crippen LogP contribution in [0.4, 0.5) is 0 Å². The largest absolute Gasteiger partial charge is 0.469 e. The molecule has 68 valence electrons. The van der Waals surface area contributed by atoms with Crippen molar-refractivity contribution in [3.05, 3.63) is 0 Å². The van der Waals surface area contributed by atoms with E-state index in [-0.39, 0.29) is 11.4 Å². The lowest BCUT2D eigenvalue weighted by Gasteiger charge is -2.11. The minimum Gasteiger partial charge on any atom is -0.469 e. The molecule has 0 aromatic heterocycles. The summed E-state index contributed by atoms with van der Waals surface area (Å²) in [6, 6.07) is 0. The van der Waals surface area contributed by atoms with Gasteiger partial charge in [0, 0.05) is 0 Å². The summed E-state index contributed by atoms with van der Waals surface area (Å²) >= 11 is 0. The summed E-state index contributed by atoms with van der Waals surface area (Å²) in [4.78, 5) is 11.4. The Morgan fingerprint density at radius 3 is 3.25 bits per heavy atom. The fraction of sp³-hybridized carbons (Fsp3) is 0.889. The normalized spacial score (nSPS) is 39.6. The number of ether oxygens (including phenoxy) is 1. The van der Waals surface area contributed by atoms with Crippen LogP contribution in [-0.4, -0.2) is 26.2 Å². The van der Waals surface area contributed by atoms with Crippen LogP contribution in [0.3, 0.4) is 0 Å². The van der Waals surface area contributed by atoms with Crippen LogP contribution in [-0.2, 0) is 9.53 Å². The van der Waals surface area contributed by atoms with Gasteiger partial charge in [-0.15, -0.1) is 0 Å². The van der Waals surface area contributed by atoms with E-state index >= 15 is 0 Å². The highest BCUT2D eigenvalue weighted by atomic mass is 16.5. The first kappa shape index (κ1) is 8.05. The zero-order chi connectivity index (χ0) is 8.60. The van der Waals surface area contributed by atoms with Crippen molar-refractivity contribution in [1.29, 1.82) is 0 Å². The van der Waals surface area contributed by atoms with Crippen molar-refractivity contribution in [2.75, 3.05) is 20.2 Å². The standard InChI is InChI=1S/C9H15NO2/c1-12-8(11)9-3-2-4-10-6-7(9)5-9/h7,10H,2-6H2,1H3. The zero-order valence-corrected chi connectivity index (χ0v) is 7.43. The lowest BCUT2D eigenvalue weighted by atomic mass is 9.98. The summed E-state index contributed by atoms with van der Waals surface area (Å²) in [5.41, 5.74) is -0.0851. The number of carbonyl (C=O) groups excluding carboxylic acids is 1. The molecule has 0 bridgehead atoms. The van der Waals surface area contributed by atoms with Crippen molar-refractivity contribution in [3.63, 3.8) is 0 Å². The third kappa shape index (κ3) is 1.04. The van der Waals surface area contributed by atoms with E-state index in [1.54, 1.807) is 0 Å². The van der Waals surface area contributed by atoms with Gasteiger partial charge in [0.2, 0.25) is 0 Å². The van der Waals surface area contributed by atoms with E-state index in [1.165, 1.54) is 7.11 Å². The van der Waals surface area contributed by atoms with E-state index in [9.17, 15) is 4.79 Å². The molecule has 2 aliphatic rings. The van der Waals surface area contributed by atoms with Gasteiger partial charge in [-0.05, 0) is 38.3 Å². The van der Waals surface area contributed by atoms with E-state index in [2.05, 4.69) is 5.32 Å². The minimum absolute atomic E-state index is 0.0104. The first-order valence-corrected chi connectivity index (χ1v) is 4.59. The van der Waals surface area contributed by atoms with Gasteiger partial charge in [0.1, 0.15) is 0 Å². The van der Waals surface area contributed by atoms with Crippen molar-refractivity contribution in [1.82, 2.24) is 5.32 Å². The average Bonchev–Trinajstić information content (AvgIpc) is 2.76. The quantitative estimate of drug-likeness (QED) is 0.582. The Labute approximate surface area is 72.5 Å². The van der Waals surface area contributed by atoms with Crippen LogP contribution in [0.5, 0.6) is 0 Å². The van der Waals surface area contributed by atoms with Gasteiger partial charge in [-0.25, -0.2) is 0 Å². The van der Waals surface area contributed by atoms with Crippen LogP contribution in [0, 0.1) is 11.3 Å². The Morgan fingerprint density at radius 2 is 2.50 bits per heavy atom. The Morgan fingerprint density at radius 1 is 1.67 bits per heavy atom. The highest BCUT2D eigenvalue weighted by Crippen LogP contribution is 2.57. The van der Waals surface area contributed by atoms with Gasteiger partial charge in [0.25, 0.3) is 0 Å². The number of esters is 1. The molecule has 0 amide bonds. The topological polar surface area (TPSA) is 38.3 Å². The van der Waals surface area contributed by atoms with Gasteiger partial charge in [0.15, 0.2) is 0 Å². The number of fused-ring (bicyclic) bond motifs is 1. The molecule has 0 aromatic carbocycles. The van der Waals surface area contributed by atoms with E-state index in [0.29, 0.717) is 5.92 Å². The molecule has 2 atom stereocenters. The van der Waals surface area contributed by atoms with E-state index in [0.717, 1.165) is 32.4 Å². The van der Waals surface area contributed by atoms with Gasteiger partial charge in [-0.1, -0.05) is 0 Å². The van der Waals surface area contributed by atoms with E-state index in [1.807, 2.05) is 0 Å². The molecule has 2 rings (SSSR count). The molecule has 1 aliphatic carbocycles. The van der Waals surface area contributed by atoms with Crippen molar-refractivity contribution in [2.45, 2.75) is 19.3 Å². The Hall–Kier alpha value is -0.570. The van der Waals surface area contributed by atoms with Crippen molar-refractivity contribution >= 4 is 5.97 Å². The molecular weight excluding hydrogens is 154 g/mol. The minimum atomic E-state index is -0.0851. The number of nitrogens with one attached hydrogen (secondary N) is 1. The molecule has 3 heteroatoms. The van der Waals surface area contributed by atoms with Gasteiger partial charge >= 0.3 is 5.97 Å². The summed E-state index contributed by atoms with van der Waals surface area (Å²) < 4.78 is 4.82. The molecule has 2 unspecified atom stereocenters. The molecular formula is C9H15NO2. The van der Waals surface area contributed by atoms with Crippen LogP contribution in [0.25, 0.3) is 0 Å². The lowest BCUT2D eigenvalue weighted by molar-refractivity contribution is -0.147. The first-order chi connectivity index (χ1) is 5.79. The zero-order valence-electron chi connectivity index (χ0n) is 7.43. The van der Waals surface area contributed by atoms with Crippen molar-refractivity contribution in [3.8, 4) is 0 Å². The second-order valence-corrected chi connectivity index (χ2v) is 3.86. The summed E-state index contributed by atoms with van der Waals surface area (Å²) in [5, 5.41) is 3.33. The molecule has 3 nitrogen and oxygen atoms in total. The maximum atomic E-state index is 11.4. The number of rotatable bonds is 1. The summed E-state index contributed by atoms with van der Waals surface area (Å²) in [5.74, 6) is 0.559. The molecule has 1 heterocycles. The van der Waals surface area contributed by atoms with Gasteiger partial charge in [-0.2, -0.15) is 0 Å². The SMILES string of the molecule is COC(=O)C12CCCNCC1C2. The van der Waals surface area contributed by atoms with E-state index < -0.39 is 0 Å². The first-order valence-electron chi connectivity index (χ1n) is 4.59. The van der Waals surface area contributed by atoms with Crippen molar-refractivity contribution < 1.29 is 9.53 Å². The smallest absolute Gasteiger partial charge is 0.312 e. The summed E-state index contributed by atoms with van der Waals surface area (Å²) in [7, 11) is 1.49. The Balaban J connectivity index is 2.06. The third-order valence-corrected chi connectivity index (χ3v) is 3.19. The monoisotopic (exact) mass is 169 g/mol. The van der Waals surface area contributed by atoms with Crippen LogP contribution in [0.1, 0.15) is 19.3 Å². The summed E-state index contributed by atoms with van der Waals surface area (Å²) in [6.45, 7) is 2.05. The molecule has 2 fully saturated rings. The van der Waals surface area contributed by atoms with Crippen LogP contribution < -0.4 is 5.32 Å². The van der Waals surface area contributed by atoms with Gasteiger partial charge in [-0.3, -0.25) is 4.79 Å². The number of carbonyl (C=O) groups is 1. The second kappa shape index (κ2) is 2.73. The molecule has 1 aliphatic heterocycles. The van der Waals surface area contributed by atoms with Crippen LogP contribution in [0.2, 0.25) is 0 Å². The molecule has 1 saturated heterocycles. The Bertz CT molecular complexity index is 205. The van der Waals surface area contributed by atoms with Crippen molar-refractivity contribution in [2.24, 2.45) is 11.3 Å². The highest BCUT2D eigenvalue weighted by molar-refractivity contribution is 5.80. The number of hydrogen-bond donors (Lipinski definition) is 1. The van der Waals surface area contributed by atoms with Crippen LogP contribution in [0.15, 0.2) is 0 Å². The van der Waals surface area contributed by atoms with Gasteiger partial charge in [0.05, 0.1) is 12.5 Å². The molecule has 0 radical (unpaired) electrons. The molecule has 0 aromatic rings. The predicted octanol–water partition coefficient (Wildman–Crippen LogP) is 0.549. The fourth-order valence-corrected chi connectivity index (χ4v) is 2.31. The molecule has 12 heavy (non-hydrogen) atoms. The second-order valence-electron chi connectivity index (χ2n) is 3.86. The maximum Gasteiger partial charge on any atom is 0.312 e. The number of hydrogen-bond acceptors (Lipinski definition) is 3. The third-order valence-electron chi connectivity index (χ3n) is 3.19. The number of methoxy groups -OCH3 is 1. The van der Waals surface area contributed by atoms with Crippen LogP contribution >= 0.6 is 0 Å². The predicted molar refractivity (Wildman–Crippen MR) is 44.7 cm³/mol. The molecule has 1 saturated carbocycles. The summed E-state index contributed by atoms with van der Waals surface area (Å²) in [6.07, 6.45) is 3.15.